The maximum absolute atomic E-state index is 8.76. The van der Waals surface area contributed by atoms with Gasteiger partial charge in [-0.1, -0.05) is 23.7 Å². The van der Waals surface area contributed by atoms with Gasteiger partial charge in [-0.25, -0.2) is 0 Å². The fraction of sp³-hybridized carbons (Fsp3) is 0.400. The molecule has 2 nitrogen and oxygen atoms in total. The number of nitrogens with two attached hydrogens (primary N) is 1. The normalized spacial score (nSPS) is 12.9. The van der Waals surface area contributed by atoms with Crippen molar-refractivity contribution in [2.45, 2.75) is 19.4 Å². The monoisotopic (exact) mass is 199 g/mol. The highest BCUT2D eigenvalue weighted by Gasteiger charge is 2.11. The van der Waals surface area contributed by atoms with E-state index < -0.39 is 0 Å². The third-order valence-electron chi connectivity index (χ3n) is 2.08. The standard InChI is InChI=1S/C10H14ClNO/c1-7-3-2-4-8(11)10(7)9(12)5-6-13/h2-4,9,13H,5-6,12H2,1H3. The minimum absolute atomic E-state index is 0.0891. The molecule has 0 bridgehead atoms. The maximum Gasteiger partial charge on any atom is 0.0456 e. The van der Waals surface area contributed by atoms with E-state index in [-0.39, 0.29) is 12.6 Å². The molecule has 0 aliphatic carbocycles. The molecule has 13 heavy (non-hydrogen) atoms. The average Bonchev–Trinajstić information content (AvgIpc) is 2.04. The van der Waals surface area contributed by atoms with E-state index in [9.17, 15) is 0 Å². The zero-order valence-electron chi connectivity index (χ0n) is 7.63. The number of hydrogen-bond donors (Lipinski definition) is 2. The van der Waals surface area contributed by atoms with Gasteiger partial charge in [-0.3, -0.25) is 0 Å². The number of halogens is 1. The first kappa shape index (κ1) is 10.5. The van der Waals surface area contributed by atoms with Crippen molar-refractivity contribution < 1.29 is 5.11 Å². The molecule has 0 spiro atoms. The number of rotatable bonds is 3. The van der Waals surface area contributed by atoms with Crippen LogP contribution in [0.25, 0.3) is 0 Å². The highest BCUT2D eigenvalue weighted by molar-refractivity contribution is 6.31. The lowest BCUT2D eigenvalue weighted by molar-refractivity contribution is 0.276. The average molecular weight is 200 g/mol. The summed E-state index contributed by atoms with van der Waals surface area (Å²) < 4.78 is 0. The predicted octanol–water partition coefficient (Wildman–Crippen LogP) is 2.03. The molecule has 0 fully saturated rings. The summed E-state index contributed by atoms with van der Waals surface area (Å²) in [4.78, 5) is 0. The van der Waals surface area contributed by atoms with E-state index in [0.717, 1.165) is 11.1 Å². The van der Waals surface area contributed by atoms with Crippen LogP contribution in [0.5, 0.6) is 0 Å². The summed E-state index contributed by atoms with van der Waals surface area (Å²) in [5, 5.41) is 9.44. The lowest BCUT2D eigenvalue weighted by atomic mass is 10.00. The van der Waals surface area contributed by atoms with E-state index in [4.69, 9.17) is 22.4 Å². The van der Waals surface area contributed by atoms with E-state index in [0.29, 0.717) is 11.4 Å². The van der Waals surface area contributed by atoms with Crippen LogP contribution >= 0.6 is 11.6 Å². The van der Waals surface area contributed by atoms with Gasteiger partial charge in [0.15, 0.2) is 0 Å². The third-order valence-corrected chi connectivity index (χ3v) is 2.41. The quantitative estimate of drug-likeness (QED) is 0.783. The van der Waals surface area contributed by atoms with Crippen molar-refractivity contribution in [3.8, 4) is 0 Å². The summed E-state index contributed by atoms with van der Waals surface area (Å²) in [6, 6.07) is 5.52. The van der Waals surface area contributed by atoms with Crippen molar-refractivity contribution >= 4 is 11.6 Å². The van der Waals surface area contributed by atoms with Crippen molar-refractivity contribution in [3.05, 3.63) is 34.3 Å². The molecule has 1 aromatic rings. The third kappa shape index (κ3) is 2.44. The van der Waals surface area contributed by atoms with Gasteiger partial charge < -0.3 is 10.8 Å². The minimum Gasteiger partial charge on any atom is -0.396 e. The summed E-state index contributed by atoms with van der Waals surface area (Å²) in [6.07, 6.45) is 0.546. The Hall–Kier alpha value is -0.570. The van der Waals surface area contributed by atoms with Gasteiger partial charge in [0.2, 0.25) is 0 Å². The van der Waals surface area contributed by atoms with Gasteiger partial charge in [0.1, 0.15) is 0 Å². The van der Waals surface area contributed by atoms with E-state index in [1.54, 1.807) is 0 Å². The van der Waals surface area contributed by atoms with Gasteiger partial charge in [0.25, 0.3) is 0 Å². The van der Waals surface area contributed by atoms with Crippen molar-refractivity contribution in [2.75, 3.05) is 6.61 Å². The molecule has 0 saturated carbocycles. The van der Waals surface area contributed by atoms with Crippen LogP contribution in [-0.4, -0.2) is 11.7 Å². The van der Waals surface area contributed by atoms with Crippen LogP contribution < -0.4 is 5.73 Å². The second kappa shape index (κ2) is 4.61. The van der Waals surface area contributed by atoms with Gasteiger partial charge in [0.05, 0.1) is 0 Å². The molecule has 0 aliphatic rings. The summed E-state index contributed by atoms with van der Waals surface area (Å²) in [5.41, 5.74) is 7.88. The second-order valence-corrected chi connectivity index (χ2v) is 3.50. The number of aliphatic hydroxyl groups excluding tert-OH is 1. The molecule has 0 amide bonds. The molecule has 0 heterocycles. The Balaban J connectivity index is 2.98. The smallest absolute Gasteiger partial charge is 0.0456 e. The highest BCUT2D eigenvalue weighted by atomic mass is 35.5. The molecule has 1 aromatic carbocycles. The Morgan fingerprint density at radius 1 is 1.54 bits per heavy atom. The Bertz CT molecular complexity index is 268. The highest BCUT2D eigenvalue weighted by Crippen LogP contribution is 2.26. The maximum atomic E-state index is 8.76. The number of aryl methyl sites for hydroxylation is 1. The molecular weight excluding hydrogens is 186 g/mol. The summed E-state index contributed by atoms with van der Waals surface area (Å²) in [6.45, 7) is 2.06. The molecule has 0 aromatic heterocycles. The zero-order chi connectivity index (χ0) is 9.84. The fourth-order valence-electron chi connectivity index (χ4n) is 1.40. The topological polar surface area (TPSA) is 46.2 Å². The Morgan fingerprint density at radius 3 is 2.77 bits per heavy atom. The number of hydrogen-bond acceptors (Lipinski definition) is 2. The van der Waals surface area contributed by atoms with Crippen LogP contribution in [0.15, 0.2) is 18.2 Å². The van der Waals surface area contributed by atoms with Crippen molar-refractivity contribution in [1.29, 1.82) is 0 Å². The Kier molecular flexibility index (Phi) is 3.72. The molecule has 3 heteroatoms. The van der Waals surface area contributed by atoms with E-state index >= 15 is 0 Å². The second-order valence-electron chi connectivity index (χ2n) is 3.09. The Labute approximate surface area is 83.3 Å². The van der Waals surface area contributed by atoms with Crippen LogP contribution in [0, 0.1) is 6.92 Å². The Morgan fingerprint density at radius 2 is 2.23 bits per heavy atom. The van der Waals surface area contributed by atoms with Crippen LogP contribution in [0.4, 0.5) is 0 Å². The number of benzene rings is 1. The van der Waals surface area contributed by atoms with Crippen molar-refractivity contribution in [1.82, 2.24) is 0 Å². The molecule has 0 aliphatic heterocycles. The van der Waals surface area contributed by atoms with Gasteiger partial charge in [-0.15, -0.1) is 0 Å². The predicted molar refractivity (Wildman–Crippen MR) is 54.8 cm³/mol. The summed E-state index contributed by atoms with van der Waals surface area (Å²) in [7, 11) is 0. The molecular formula is C10H14ClNO. The van der Waals surface area contributed by atoms with Crippen molar-refractivity contribution in [3.63, 3.8) is 0 Å². The fourth-order valence-corrected chi connectivity index (χ4v) is 1.76. The lowest BCUT2D eigenvalue weighted by Crippen LogP contribution is -2.13. The summed E-state index contributed by atoms with van der Waals surface area (Å²) >= 11 is 6.00. The van der Waals surface area contributed by atoms with E-state index in [1.165, 1.54) is 0 Å². The minimum atomic E-state index is -0.168. The molecule has 3 N–H and O–H groups in total. The van der Waals surface area contributed by atoms with Gasteiger partial charge in [-0.2, -0.15) is 0 Å². The summed E-state index contributed by atoms with van der Waals surface area (Å²) in [5.74, 6) is 0. The van der Waals surface area contributed by atoms with Crippen LogP contribution in [0.3, 0.4) is 0 Å². The van der Waals surface area contributed by atoms with Crippen molar-refractivity contribution in [2.24, 2.45) is 5.73 Å². The molecule has 1 atom stereocenters. The first-order chi connectivity index (χ1) is 6.16. The van der Waals surface area contributed by atoms with Crippen LogP contribution in [-0.2, 0) is 0 Å². The van der Waals surface area contributed by atoms with E-state index in [1.807, 2.05) is 25.1 Å². The van der Waals surface area contributed by atoms with E-state index in [2.05, 4.69) is 0 Å². The van der Waals surface area contributed by atoms with Crippen LogP contribution in [0.1, 0.15) is 23.6 Å². The number of aliphatic hydroxyl groups is 1. The molecule has 1 unspecified atom stereocenters. The first-order valence-corrected chi connectivity index (χ1v) is 4.66. The zero-order valence-corrected chi connectivity index (χ0v) is 8.38. The molecule has 1 rings (SSSR count). The van der Waals surface area contributed by atoms with Crippen LogP contribution in [0.2, 0.25) is 5.02 Å². The molecule has 72 valence electrons. The largest absolute Gasteiger partial charge is 0.396 e. The first-order valence-electron chi connectivity index (χ1n) is 4.28. The molecule has 0 saturated heterocycles. The lowest BCUT2D eigenvalue weighted by Gasteiger charge is -2.14. The SMILES string of the molecule is Cc1cccc(Cl)c1C(N)CCO. The van der Waals surface area contributed by atoms with Gasteiger partial charge >= 0.3 is 0 Å². The molecule has 0 radical (unpaired) electrons. The van der Waals surface area contributed by atoms with Gasteiger partial charge in [-0.05, 0) is 30.5 Å². The van der Waals surface area contributed by atoms with Gasteiger partial charge in [0, 0.05) is 17.7 Å².